The quantitative estimate of drug-likeness (QED) is 0.709. The van der Waals surface area contributed by atoms with Gasteiger partial charge in [0.15, 0.2) is 5.69 Å². The predicted octanol–water partition coefficient (Wildman–Crippen LogP) is 2.84. The molecule has 3 aromatic rings. The van der Waals surface area contributed by atoms with Crippen LogP contribution in [0.3, 0.4) is 0 Å². The maximum absolute atomic E-state index is 12.7. The molecule has 1 saturated heterocycles. The number of halogens is 3. The number of carbonyl (C=O) groups is 1. The minimum absolute atomic E-state index is 0.115. The second-order valence-electron chi connectivity index (χ2n) is 6.34. The molecule has 1 fully saturated rings. The molecule has 2 N–H and O–H groups in total. The van der Waals surface area contributed by atoms with Crippen LogP contribution in [0.25, 0.3) is 11.6 Å². The Morgan fingerprint density at radius 1 is 1.25 bits per heavy atom. The Morgan fingerprint density at radius 3 is 2.64 bits per heavy atom. The van der Waals surface area contributed by atoms with Gasteiger partial charge < -0.3 is 15.1 Å². The Bertz CT molecular complexity index is 1010. The summed E-state index contributed by atoms with van der Waals surface area (Å²) >= 11 is 0. The number of anilines is 2. The number of alkyl halides is 3. The first-order chi connectivity index (χ1) is 13.3. The van der Waals surface area contributed by atoms with Gasteiger partial charge in [-0.3, -0.25) is 9.48 Å². The van der Waals surface area contributed by atoms with Crippen LogP contribution in [0.4, 0.5) is 24.5 Å². The lowest BCUT2D eigenvalue weighted by atomic mass is 10.1. The lowest BCUT2D eigenvalue weighted by molar-refractivity contribution is -0.137. The van der Waals surface area contributed by atoms with Gasteiger partial charge in [0.05, 0.1) is 11.3 Å². The summed E-state index contributed by atoms with van der Waals surface area (Å²) < 4.78 is 45.3. The number of amides is 1. The zero-order valence-electron chi connectivity index (χ0n) is 14.6. The molecule has 1 aliphatic rings. The van der Waals surface area contributed by atoms with Crippen LogP contribution in [0.5, 0.6) is 0 Å². The highest BCUT2D eigenvalue weighted by Gasteiger charge is 2.32. The number of nitrogens with one attached hydrogen (secondary N) is 2. The molecule has 1 aromatic carbocycles. The standard InChI is InChI=1S/C17H15F3N6O2/c1-26-8-12(22-10-4-2-9(3-5-10)17(18,19)20)13(25-26)16-24-23-15(28-16)11-6-7-21-14(11)27/h2-5,8,11,22H,6-7H2,1H3,(H,21,27). The first-order valence-electron chi connectivity index (χ1n) is 8.40. The van der Waals surface area contributed by atoms with Crippen molar-refractivity contribution in [3.05, 3.63) is 41.9 Å². The Balaban J connectivity index is 1.59. The first kappa shape index (κ1) is 18.0. The Hall–Kier alpha value is -3.37. The molecule has 1 aliphatic heterocycles. The summed E-state index contributed by atoms with van der Waals surface area (Å²) in [6.45, 7) is 0.547. The zero-order valence-corrected chi connectivity index (χ0v) is 14.6. The van der Waals surface area contributed by atoms with Crippen molar-refractivity contribution in [2.24, 2.45) is 7.05 Å². The minimum atomic E-state index is -4.40. The number of hydrogen-bond donors (Lipinski definition) is 2. The van der Waals surface area contributed by atoms with E-state index in [9.17, 15) is 18.0 Å². The fraction of sp³-hybridized carbons (Fsp3) is 0.294. The molecule has 0 saturated carbocycles. The number of aromatic nitrogens is 4. The average Bonchev–Trinajstić information content (AvgIpc) is 3.34. The van der Waals surface area contributed by atoms with Gasteiger partial charge in [-0.2, -0.15) is 18.3 Å². The van der Waals surface area contributed by atoms with E-state index in [-0.39, 0.29) is 17.7 Å². The molecule has 1 atom stereocenters. The van der Waals surface area contributed by atoms with Gasteiger partial charge in [0.25, 0.3) is 5.89 Å². The Labute approximate surface area is 156 Å². The van der Waals surface area contributed by atoms with Crippen molar-refractivity contribution >= 4 is 17.3 Å². The summed E-state index contributed by atoms with van der Waals surface area (Å²) in [5.41, 5.74) is 0.519. The highest BCUT2D eigenvalue weighted by atomic mass is 19.4. The lowest BCUT2D eigenvalue weighted by Gasteiger charge is -2.09. The van der Waals surface area contributed by atoms with Crippen molar-refractivity contribution < 1.29 is 22.4 Å². The Morgan fingerprint density at radius 2 is 2.00 bits per heavy atom. The van der Waals surface area contributed by atoms with Crippen molar-refractivity contribution in [3.63, 3.8) is 0 Å². The van der Waals surface area contributed by atoms with E-state index in [1.807, 2.05) is 0 Å². The van der Waals surface area contributed by atoms with Crippen molar-refractivity contribution in [1.82, 2.24) is 25.3 Å². The number of aryl methyl sites for hydroxylation is 1. The number of nitrogens with zero attached hydrogens (tertiary/aromatic N) is 4. The SMILES string of the molecule is Cn1cc(Nc2ccc(C(F)(F)F)cc2)c(-c2nnc(C3CCNC3=O)o2)n1. The van der Waals surface area contributed by atoms with Gasteiger partial charge in [0.1, 0.15) is 5.92 Å². The maximum atomic E-state index is 12.7. The monoisotopic (exact) mass is 392 g/mol. The molecule has 8 nitrogen and oxygen atoms in total. The van der Waals surface area contributed by atoms with Gasteiger partial charge in [-0.1, -0.05) is 0 Å². The maximum Gasteiger partial charge on any atom is 0.416 e. The Kier molecular flexibility index (Phi) is 4.28. The van der Waals surface area contributed by atoms with Crippen LogP contribution in [0, 0.1) is 0 Å². The normalized spacial score (nSPS) is 17.0. The van der Waals surface area contributed by atoms with Gasteiger partial charge in [-0.25, -0.2) is 0 Å². The second kappa shape index (κ2) is 6.66. The second-order valence-corrected chi connectivity index (χ2v) is 6.34. The van der Waals surface area contributed by atoms with Crippen molar-refractivity contribution in [2.45, 2.75) is 18.5 Å². The van der Waals surface area contributed by atoms with Crippen LogP contribution in [-0.4, -0.2) is 32.4 Å². The molecule has 146 valence electrons. The van der Waals surface area contributed by atoms with Gasteiger partial charge in [-0.15, -0.1) is 10.2 Å². The molecular formula is C17H15F3N6O2. The number of hydrogen-bond acceptors (Lipinski definition) is 6. The van der Waals surface area contributed by atoms with Gasteiger partial charge >= 0.3 is 6.18 Å². The molecule has 28 heavy (non-hydrogen) atoms. The molecule has 4 rings (SSSR count). The largest absolute Gasteiger partial charge is 0.418 e. The summed E-state index contributed by atoms with van der Waals surface area (Å²) in [6.07, 6.45) is -2.19. The van der Waals surface area contributed by atoms with Gasteiger partial charge in [0.2, 0.25) is 11.8 Å². The lowest BCUT2D eigenvalue weighted by Crippen LogP contribution is -2.18. The fourth-order valence-electron chi connectivity index (χ4n) is 2.94. The molecular weight excluding hydrogens is 377 g/mol. The molecule has 0 spiro atoms. The van der Waals surface area contributed by atoms with Crippen molar-refractivity contribution in [3.8, 4) is 11.6 Å². The zero-order chi connectivity index (χ0) is 19.9. The minimum Gasteiger partial charge on any atom is -0.418 e. The van der Waals surface area contributed by atoms with Crippen molar-refractivity contribution in [2.75, 3.05) is 11.9 Å². The smallest absolute Gasteiger partial charge is 0.416 e. The topological polar surface area (TPSA) is 97.9 Å². The van der Waals surface area contributed by atoms with Crippen LogP contribution in [-0.2, 0) is 18.0 Å². The molecule has 1 unspecified atom stereocenters. The highest BCUT2D eigenvalue weighted by molar-refractivity contribution is 5.84. The number of benzene rings is 1. The van der Waals surface area contributed by atoms with Crippen LogP contribution in [0.1, 0.15) is 23.8 Å². The number of carbonyl (C=O) groups excluding carboxylic acids is 1. The molecule has 1 amide bonds. The summed E-state index contributed by atoms with van der Waals surface area (Å²) in [5.74, 6) is -0.337. The fourth-order valence-corrected chi connectivity index (χ4v) is 2.94. The third-order valence-corrected chi connectivity index (χ3v) is 4.31. The van der Waals surface area contributed by atoms with E-state index in [1.54, 1.807) is 13.2 Å². The van der Waals surface area contributed by atoms with Gasteiger partial charge in [-0.05, 0) is 30.7 Å². The molecule has 0 bridgehead atoms. The van der Waals surface area contributed by atoms with E-state index in [2.05, 4.69) is 25.9 Å². The van der Waals surface area contributed by atoms with E-state index in [1.165, 1.54) is 16.8 Å². The van der Waals surface area contributed by atoms with Crippen LogP contribution >= 0.6 is 0 Å². The van der Waals surface area contributed by atoms with E-state index in [4.69, 9.17) is 4.42 Å². The van der Waals surface area contributed by atoms with Crippen LogP contribution < -0.4 is 10.6 Å². The summed E-state index contributed by atoms with van der Waals surface area (Å²) in [7, 11) is 1.68. The van der Waals surface area contributed by atoms with Crippen LogP contribution in [0.2, 0.25) is 0 Å². The van der Waals surface area contributed by atoms with E-state index in [0.29, 0.717) is 30.0 Å². The van der Waals surface area contributed by atoms with Crippen molar-refractivity contribution in [1.29, 1.82) is 0 Å². The van der Waals surface area contributed by atoms with E-state index >= 15 is 0 Å². The summed E-state index contributed by atoms with van der Waals surface area (Å²) in [6, 6.07) is 4.62. The third-order valence-electron chi connectivity index (χ3n) is 4.31. The molecule has 2 aromatic heterocycles. The first-order valence-corrected chi connectivity index (χ1v) is 8.40. The summed E-state index contributed by atoms with van der Waals surface area (Å²) in [4.78, 5) is 11.8. The molecule has 0 radical (unpaired) electrons. The molecule has 11 heteroatoms. The number of rotatable bonds is 4. The van der Waals surface area contributed by atoms with E-state index in [0.717, 1.165) is 12.1 Å². The molecule has 3 heterocycles. The summed E-state index contributed by atoms with van der Waals surface area (Å²) in [5, 5.41) is 17.9. The third kappa shape index (κ3) is 3.42. The molecule has 0 aliphatic carbocycles. The van der Waals surface area contributed by atoms with E-state index < -0.39 is 17.7 Å². The predicted molar refractivity (Wildman–Crippen MR) is 91.6 cm³/mol. The highest BCUT2D eigenvalue weighted by Crippen LogP contribution is 2.33. The van der Waals surface area contributed by atoms with Crippen LogP contribution in [0.15, 0.2) is 34.9 Å². The van der Waals surface area contributed by atoms with Gasteiger partial charge in [0, 0.05) is 25.5 Å². The average molecular weight is 392 g/mol.